The summed E-state index contributed by atoms with van der Waals surface area (Å²) in [7, 11) is -3.40. The van der Waals surface area contributed by atoms with Crippen molar-refractivity contribution in [2.24, 2.45) is 5.73 Å². The molecule has 2 aromatic rings. The van der Waals surface area contributed by atoms with Gasteiger partial charge in [0.15, 0.2) is 5.78 Å². The number of Topliss-reactive ketones (excluding diaryl/α,β-unsaturated/α-hetero) is 1. The van der Waals surface area contributed by atoms with Crippen LogP contribution in [-0.2, 0) is 16.6 Å². The topological polar surface area (TPSA) is 80.5 Å². The van der Waals surface area contributed by atoms with E-state index in [0.29, 0.717) is 11.3 Å². The molecule has 116 valence electrons. The molecule has 5 nitrogen and oxygen atoms in total. The number of nitrogens with two attached hydrogens (primary N) is 1. The highest BCUT2D eigenvalue weighted by atomic mass is 32.2. The van der Waals surface area contributed by atoms with Crippen LogP contribution in [-0.4, -0.2) is 27.0 Å². The second-order valence-corrected chi connectivity index (χ2v) is 6.84. The molecule has 0 saturated heterocycles. The zero-order chi connectivity index (χ0) is 16.2. The van der Waals surface area contributed by atoms with Gasteiger partial charge in [0.1, 0.15) is 0 Å². The Hall–Kier alpha value is -2.18. The van der Waals surface area contributed by atoms with Crippen molar-refractivity contribution in [1.29, 1.82) is 0 Å². The molecule has 0 atom stereocenters. The van der Waals surface area contributed by atoms with E-state index in [4.69, 9.17) is 5.73 Å². The van der Waals surface area contributed by atoms with Gasteiger partial charge in [0, 0.05) is 5.56 Å². The fraction of sp³-hybridized carbons (Fsp3) is 0.188. The summed E-state index contributed by atoms with van der Waals surface area (Å²) in [5.74, 6) is -0.144. The van der Waals surface area contributed by atoms with Crippen LogP contribution in [0.3, 0.4) is 0 Å². The first-order valence-electron chi connectivity index (χ1n) is 6.77. The van der Waals surface area contributed by atoms with Crippen molar-refractivity contribution in [3.8, 4) is 0 Å². The number of nitrogens with zero attached hydrogens (tertiary/aromatic N) is 1. The van der Waals surface area contributed by atoms with Crippen LogP contribution < -0.4 is 10.0 Å². The van der Waals surface area contributed by atoms with E-state index in [0.717, 1.165) is 5.56 Å². The predicted octanol–water partition coefficient (Wildman–Crippen LogP) is 1.79. The Kier molecular flexibility index (Phi) is 4.95. The van der Waals surface area contributed by atoms with Crippen molar-refractivity contribution in [3.05, 3.63) is 65.7 Å². The van der Waals surface area contributed by atoms with Gasteiger partial charge in [-0.25, -0.2) is 8.42 Å². The molecule has 6 heteroatoms. The number of hydrogen-bond donors (Lipinski definition) is 1. The SMILES string of the molecule is CS(=O)(=O)N(Cc1ccc(C(=O)CN)cc1)c1ccccc1. The van der Waals surface area contributed by atoms with Gasteiger partial charge >= 0.3 is 0 Å². The van der Waals surface area contributed by atoms with E-state index in [9.17, 15) is 13.2 Å². The molecule has 0 aromatic heterocycles. The van der Waals surface area contributed by atoms with Crippen LogP contribution in [0.4, 0.5) is 5.69 Å². The van der Waals surface area contributed by atoms with E-state index in [1.165, 1.54) is 10.6 Å². The molecule has 0 aliphatic heterocycles. The Morgan fingerprint density at radius 3 is 2.14 bits per heavy atom. The van der Waals surface area contributed by atoms with Gasteiger partial charge in [-0.05, 0) is 17.7 Å². The average molecular weight is 318 g/mol. The summed E-state index contributed by atoms with van der Waals surface area (Å²) in [6, 6.07) is 15.7. The Morgan fingerprint density at radius 2 is 1.64 bits per heavy atom. The molecule has 0 saturated carbocycles. The largest absolute Gasteiger partial charge is 0.324 e. The monoisotopic (exact) mass is 318 g/mol. The molecule has 0 heterocycles. The summed E-state index contributed by atoms with van der Waals surface area (Å²) in [4.78, 5) is 11.5. The second kappa shape index (κ2) is 6.72. The van der Waals surface area contributed by atoms with Gasteiger partial charge < -0.3 is 5.73 Å². The van der Waals surface area contributed by atoms with E-state index in [2.05, 4.69) is 0 Å². The molecule has 2 N–H and O–H groups in total. The van der Waals surface area contributed by atoms with E-state index < -0.39 is 10.0 Å². The lowest BCUT2D eigenvalue weighted by atomic mass is 10.1. The summed E-state index contributed by atoms with van der Waals surface area (Å²) in [5, 5.41) is 0. The second-order valence-electron chi connectivity index (χ2n) is 4.93. The molecule has 0 spiro atoms. The molecule has 0 bridgehead atoms. The number of rotatable bonds is 6. The maximum atomic E-state index is 12.0. The van der Waals surface area contributed by atoms with E-state index in [-0.39, 0.29) is 18.9 Å². The van der Waals surface area contributed by atoms with Crippen LogP contribution in [0.25, 0.3) is 0 Å². The third kappa shape index (κ3) is 3.93. The van der Waals surface area contributed by atoms with Gasteiger partial charge in [0.05, 0.1) is 25.0 Å². The van der Waals surface area contributed by atoms with Gasteiger partial charge in [-0.1, -0.05) is 42.5 Å². The van der Waals surface area contributed by atoms with Crippen molar-refractivity contribution >= 4 is 21.5 Å². The van der Waals surface area contributed by atoms with Crippen molar-refractivity contribution in [2.45, 2.75) is 6.54 Å². The predicted molar refractivity (Wildman–Crippen MR) is 87.3 cm³/mol. The molecule has 0 aliphatic carbocycles. The Morgan fingerprint density at radius 1 is 1.05 bits per heavy atom. The third-order valence-electron chi connectivity index (χ3n) is 3.23. The minimum atomic E-state index is -3.40. The average Bonchev–Trinajstić information content (AvgIpc) is 2.52. The molecule has 0 fully saturated rings. The fourth-order valence-corrected chi connectivity index (χ4v) is 2.96. The van der Waals surface area contributed by atoms with Crippen LogP contribution in [0.5, 0.6) is 0 Å². The van der Waals surface area contributed by atoms with Crippen LogP contribution >= 0.6 is 0 Å². The first kappa shape index (κ1) is 16.2. The van der Waals surface area contributed by atoms with E-state index in [1.54, 1.807) is 48.5 Å². The number of carbonyl (C=O) groups is 1. The molecule has 2 rings (SSSR count). The van der Waals surface area contributed by atoms with E-state index in [1.807, 2.05) is 6.07 Å². The van der Waals surface area contributed by atoms with Gasteiger partial charge in [0.25, 0.3) is 0 Å². The lowest BCUT2D eigenvalue weighted by Crippen LogP contribution is -2.29. The zero-order valence-electron chi connectivity index (χ0n) is 12.3. The lowest BCUT2D eigenvalue weighted by Gasteiger charge is -2.22. The minimum Gasteiger partial charge on any atom is -0.324 e. The molecule has 0 unspecified atom stereocenters. The number of anilines is 1. The van der Waals surface area contributed by atoms with Crippen LogP contribution in [0, 0.1) is 0 Å². The summed E-state index contributed by atoms with van der Waals surface area (Å²) in [5.41, 5.74) is 7.24. The standard InChI is InChI=1S/C16H18N2O3S/c1-22(20,21)18(15-5-3-2-4-6-15)12-13-7-9-14(10-8-13)16(19)11-17/h2-10H,11-12,17H2,1H3. The summed E-state index contributed by atoms with van der Waals surface area (Å²) in [6.07, 6.45) is 1.17. The molecule has 0 amide bonds. The van der Waals surface area contributed by atoms with Crippen LogP contribution in [0.2, 0.25) is 0 Å². The lowest BCUT2D eigenvalue weighted by molar-refractivity contribution is 0.100. The summed E-state index contributed by atoms with van der Waals surface area (Å²) >= 11 is 0. The normalized spacial score (nSPS) is 11.2. The van der Waals surface area contributed by atoms with Crippen molar-refractivity contribution in [2.75, 3.05) is 17.1 Å². The fourth-order valence-electron chi connectivity index (χ4n) is 2.07. The number of sulfonamides is 1. The number of hydrogen-bond acceptors (Lipinski definition) is 4. The zero-order valence-corrected chi connectivity index (χ0v) is 13.1. The van der Waals surface area contributed by atoms with Gasteiger partial charge in [-0.3, -0.25) is 9.10 Å². The van der Waals surface area contributed by atoms with Gasteiger partial charge in [-0.2, -0.15) is 0 Å². The number of benzene rings is 2. The minimum absolute atomic E-state index is 0.0428. The summed E-state index contributed by atoms with van der Waals surface area (Å²) in [6.45, 7) is 0.165. The summed E-state index contributed by atoms with van der Waals surface area (Å²) < 4.78 is 25.4. The maximum absolute atomic E-state index is 12.0. The van der Waals surface area contributed by atoms with Crippen molar-refractivity contribution in [1.82, 2.24) is 0 Å². The first-order chi connectivity index (χ1) is 10.4. The van der Waals surface area contributed by atoms with Crippen molar-refractivity contribution in [3.63, 3.8) is 0 Å². The van der Waals surface area contributed by atoms with Crippen LogP contribution in [0.1, 0.15) is 15.9 Å². The Balaban J connectivity index is 2.27. The molecular formula is C16H18N2O3S. The van der Waals surface area contributed by atoms with Crippen molar-refractivity contribution < 1.29 is 13.2 Å². The molecule has 22 heavy (non-hydrogen) atoms. The highest BCUT2D eigenvalue weighted by molar-refractivity contribution is 7.92. The van der Waals surface area contributed by atoms with Gasteiger partial charge in [0.2, 0.25) is 10.0 Å². The quantitative estimate of drug-likeness (QED) is 0.824. The van der Waals surface area contributed by atoms with E-state index >= 15 is 0 Å². The Bertz CT molecular complexity index is 741. The third-order valence-corrected chi connectivity index (χ3v) is 4.37. The molecule has 0 radical (unpaired) electrons. The number of para-hydroxylation sites is 1. The smallest absolute Gasteiger partial charge is 0.232 e. The van der Waals surface area contributed by atoms with Crippen LogP contribution in [0.15, 0.2) is 54.6 Å². The Labute approximate surface area is 130 Å². The van der Waals surface area contributed by atoms with Gasteiger partial charge in [-0.15, -0.1) is 0 Å². The number of ketones is 1. The highest BCUT2D eigenvalue weighted by Gasteiger charge is 2.17. The maximum Gasteiger partial charge on any atom is 0.232 e. The molecule has 0 aliphatic rings. The molecule has 2 aromatic carbocycles. The first-order valence-corrected chi connectivity index (χ1v) is 8.61. The number of carbonyl (C=O) groups excluding carboxylic acids is 1. The highest BCUT2D eigenvalue weighted by Crippen LogP contribution is 2.20. The molecular weight excluding hydrogens is 300 g/mol.